The zero-order chi connectivity index (χ0) is 20.6. The minimum absolute atomic E-state index is 0.0472. The van der Waals surface area contributed by atoms with Crippen molar-refractivity contribution < 1.29 is 27.7 Å². The molecule has 0 atom stereocenters. The molecular formula is C19H16N2O6S. The molecule has 0 aromatic heterocycles. The van der Waals surface area contributed by atoms with Crippen LogP contribution in [-0.2, 0) is 19.7 Å². The number of carboxylic acids is 1. The van der Waals surface area contributed by atoms with E-state index < -0.39 is 32.3 Å². The Hall–Kier alpha value is -3.30. The zero-order valence-electron chi connectivity index (χ0n) is 14.9. The van der Waals surface area contributed by atoms with Gasteiger partial charge in [0.15, 0.2) is 0 Å². The van der Waals surface area contributed by atoms with E-state index >= 15 is 0 Å². The number of allylic oxidation sites excluding steroid dienone is 1. The van der Waals surface area contributed by atoms with Crippen molar-refractivity contribution in [3.8, 4) is 0 Å². The maximum Gasteiger partial charge on any atom is 0.340 e. The third-order valence-electron chi connectivity index (χ3n) is 4.32. The number of anilines is 1. The highest BCUT2D eigenvalue weighted by molar-refractivity contribution is 7.86. The van der Waals surface area contributed by atoms with Gasteiger partial charge < -0.3 is 5.11 Å². The Morgan fingerprint density at radius 3 is 2.32 bits per heavy atom. The lowest BCUT2D eigenvalue weighted by Crippen LogP contribution is -2.29. The molecule has 9 heteroatoms. The number of aryl methyl sites for hydroxylation is 1. The molecule has 0 saturated carbocycles. The standard InChI is InChI=1S/C19H16N2O6S/c1-10-7-8-14(15(9-10)28(25,26)27)20-21-17-13-6-4-3-5-12(13)11(2)16(18(17)22)19(23)24/h3-9,20H,1-2H3,(H,23,24)(H,25,26,27)/b21-17-. The van der Waals surface area contributed by atoms with Gasteiger partial charge in [-0.2, -0.15) is 13.5 Å². The van der Waals surface area contributed by atoms with Gasteiger partial charge in [0.05, 0.1) is 5.69 Å². The molecule has 0 spiro atoms. The second kappa shape index (κ2) is 7.02. The number of carboxylic acid groups (broad SMARTS) is 1. The quantitative estimate of drug-likeness (QED) is 0.408. The number of nitrogens with zero attached hydrogens (tertiary/aromatic N) is 1. The van der Waals surface area contributed by atoms with Crippen LogP contribution >= 0.6 is 0 Å². The number of rotatable bonds is 4. The Labute approximate surface area is 161 Å². The van der Waals surface area contributed by atoms with Gasteiger partial charge in [0, 0.05) is 5.56 Å². The van der Waals surface area contributed by atoms with E-state index in [0.717, 1.165) is 0 Å². The van der Waals surface area contributed by atoms with Crippen LogP contribution in [0.5, 0.6) is 0 Å². The number of carbonyl (C=O) groups excluding carboxylic acids is 1. The predicted molar refractivity (Wildman–Crippen MR) is 103 cm³/mol. The van der Waals surface area contributed by atoms with E-state index in [1.807, 2.05) is 0 Å². The normalized spacial score (nSPS) is 15.5. The summed E-state index contributed by atoms with van der Waals surface area (Å²) in [7, 11) is -4.54. The van der Waals surface area contributed by atoms with Crippen LogP contribution in [0.25, 0.3) is 5.57 Å². The second-order valence-corrected chi connectivity index (χ2v) is 7.62. The van der Waals surface area contributed by atoms with Gasteiger partial charge in [-0.05, 0) is 42.7 Å². The van der Waals surface area contributed by atoms with E-state index in [9.17, 15) is 27.7 Å². The van der Waals surface area contributed by atoms with Gasteiger partial charge in [0.1, 0.15) is 16.2 Å². The van der Waals surface area contributed by atoms with Crippen molar-refractivity contribution in [2.75, 3.05) is 5.43 Å². The highest BCUT2D eigenvalue weighted by Crippen LogP contribution is 2.30. The average Bonchev–Trinajstić information content (AvgIpc) is 2.61. The monoisotopic (exact) mass is 400 g/mol. The van der Waals surface area contributed by atoms with Gasteiger partial charge in [0.25, 0.3) is 10.1 Å². The number of fused-ring (bicyclic) bond motifs is 1. The lowest BCUT2D eigenvalue weighted by molar-refractivity contribution is -0.133. The van der Waals surface area contributed by atoms with Crippen molar-refractivity contribution in [1.82, 2.24) is 0 Å². The summed E-state index contributed by atoms with van der Waals surface area (Å²) in [6.45, 7) is 3.19. The lowest BCUT2D eigenvalue weighted by atomic mass is 9.84. The molecule has 3 N–H and O–H groups in total. The fourth-order valence-corrected chi connectivity index (χ4v) is 3.71. The molecule has 2 aromatic rings. The Morgan fingerprint density at radius 1 is 1.07 bits per heavy atom. The number of benzene rings is 2. The van der Waals surface area contributed by atoms with Crippen molar-refractivity contribution >= 4 is 38.8 Å². The Morgan fingerprint density at radius 2 is 1.71 bits per heavy atom. The molecule has 3 rings (SSSR count). The van der Waals surface area contributed by atoms with E-state index in [1.54, 1.807) is 44.2 Å². The van der Waals surface area contributed by atoms with E-state index in [4.69, 9.17) is 0 Å². The van der Waals surface area contributed by atoms with Gasteiger partial charge in [0.2, 0.25) is 5.78 Å². The number of hydrogen-bond donors (Lipinski definition) is 3. The van der Waals surface area contributed by atoms with Crippen LogP contribution in [0.2, 0.25) is 0 Å². The van der Waals surface area contributed by atoms with E-state index in [1.165, 1.54) is 12.1 Å². The maximum absolute atomic E-state index is 12.7. The summed E-state index contributed by atoms with van der Waals surface area (Å²) in [6.07, 6.45) is 0. The maximum atomic E-state index is 12.7. The summed E-state index contributed by atoms with van der Waals surface area (Å²) in [5.41, 5.74) is 3.73. The molecule has 0 heterocycles. The topological polar surface area (TPSA) is 133 Å². The molecule has 0 aliphatic heterocycles. The number of hydrogen-bond acceptors (Lipinski definition) is 6. The van der Waals surface area contributed by atoms with Crippen molar-refractivity contribution in [3.05, 3.63) is 64.7 Å². The number of hydrazone groups is 1. The molecule has 0 bridgehead atoms. The molecule has 8 nitrogen and oxygen atoms in total. The van der Waals surface area contributed by atoms with Gasteiger partial charge >= 0.3 is 5.97 Å². The van der Waals surface area contributed by atoms with Gasteiger partial charge in [-0.25, -0.2) is 4.79 Å². The van der Waals surface area contributed by atoms with Crippen LogP contribution in [0.4, 0.5) is 5.69 Å². The van der Waals surface area contributed by atoms with Crippen LogP contribution in [0.1, 0.15) is 23.6 Å². The van der Waals surface area contributed by atoms with Crippen LogP contribution < -0.4 is 5.43 Å². The molecule has 1 aliphatic carbocycles. The zero-order valence-corrected chi connectivity index (χ0v) is 15.7. The molecule has 0 saturated heterocycles. The van der Waals surface area contributed by atoms with Crippen LogP contribution in [0, 0.1) is 6.92 Å². The molecule has 0 radical (unpaired) electrons. The Bertz CT molecular complexity index is 1180. The van der Waals surface area contributed by atoms with Crippen LogP contribution in [-0.4, -0.2) is 35.5 Å². The average molecular weight is 400 g/mol. The second-order valence-electron chi connectivity index (χ2n) is 6.23. The minimum Gasteiger partial charge on any atom is -0.478 e. The van der Waals surface area contributed by atoms with Crippen molar-refractivity contribution in [2.45, 2.75) is 18.7 Å². The number of aliphatic carboxylic acids is 1. The van der Waals surface area contributed by atoms with Gasteiger partial charge in [-0.3, -0.25) is 14.8 Å². The van der Waals surface area contributed by atoms with E-state index in [2.05, 4.69) is 10.5 Å². The van der Waals surface area contributed by atoms with E-state index in [-0.39, 0.29) is 11.4 Å². The first-order chi connectivity index (χ1) is 13.1. The molecule has 144 valence electrons. The molecular weight excluding hydrogens is 384 g/mol. The summed E-state index contributed by atoms with van der Waals surface area (Å²) >= 11 is 0. The highest BCUT2D eigenvalue weighted by Gasteiger charge is 2.33. The number of nitrogens with one attached hydrogen (secondary N) is 1. The fourth-order valence-electron chi connectivity index (χ4n) is 2.98. The first-order valence-electron chi connectivity index (χ1n) is 8.11. The van der Waals surface area contributed by atoms with E-state index in [0.29, 0.717) is 22.3 Å². The Kier molecular flexibility index (Phi) is 4.88. The lowest BCUT2D eigenvalue weighted by Gasteiger charge is -2.19. The number of ketones is 1. The molecule has 1 aliphatic rings. The Balaban J connectivity index is 2.14. The number of carbonyl (C=O) groups is 2. The SMILES string of the molecule is CC1=C(C(=O)O)C(=O)/C(=N\Nc2ccc(C)cc2S(=O)(=O)O)c2ccccc21. The smallest absolute Gasteiger partial charge is 0.340 e. The highest BCUT2D eigenvalue weighted by atomic mass is 32.2. The third kappa shape index (κ3) is 3.45. The summed E-state index contributed by atoms with van der Waals surface area (Å²) in [5.74, 6) is -2.17. The van der Waals surface area contributed by atoms with Crippen LogP contribution in [0.15, 0.2) is 58.0 Å². The third-order valence-corrected chi connectivity index (χ3v) is 5.21. The predicted octanol–water partition coefficient (Wildman–Crippen LogP) is 2.50. The minimum atomic E-state index is -4.54. The molecule has 0 fully saturated rings. The van der Waals surface area contributed by atoms with Crippen molar-refractivity contribution in [3.63, 3.8) is 0 Å². The molecule has 28 heavy (non-hydrogen) atoms. The van der Waals surface area contributed by atoms with Gasteiger partial charge in [-0.1, -0.05) is 30.3 Å². The molecule has 0 unspecified atom stereocenters. The van der Waals surface area contributed by atoms with Gasteiger partial charge in [-0.15, -0.1) is 0 Å². The summed E-state index contributed by atoms with van der Waals surface area (Å²) in [4.78, 5) is 23.9. The first-order valence-corrected chi connectivity index (χ1v) is 9.55. The van der Waals surface area contributed by atoms with Crippen molar-refractivity contribution in [1.29, 1.82) is 0 Å². The summed E-state index contributed by atoms with van der Waals surface area (Å²) in [6, 6.07) is 10.9. The summed E-state index contributed by atoms with van der Waals surface area (Å²) < 4.78 is 32.7. The van der Waals surface area contributed by atoms with Crippen molar-refractivity contribution in [2.24, 2.45) is 5.10 Å². The summed E-state index contributed by atoms with van der Waals surface area (Å²) in [5, 5.41) is 13.4. The molecule has 0 amide bonds. The van der Waals surface area contributed by atoms with Crippen LogP contribution in [0.3, 0.4) is 0 Å². The fraction of sp³-hybridized carbons (Fsp3) is 0.105. The molecule has 2 aromatic carbocycles. The first kappa shape index (κ1) is 19.5. The number of Topliss-reactive ketones (excluding diaryl/α,β-unsaturated/α-hetero) is 1. The largest absolute Gasteiger partial charge is 0.478 e.